The van der Waals surface area contributed by atoms with Crippen LogP contribution in [0, 0.1) is 13.8 Å². The highest BCUT2D eigenvalue weighted by Gasteiger charge is 2.32. The van der Waals surface area contributed by atoms with E-state index in [1.807, 2.05) is 205 Å². The van der Waals surface area contributed by atoms with Crippen LogP contribution < -0.4 is 43.7 Å². The maximum absolute atomic E-state index is 12.4. The molecular weight excluding hydrogens is 1540 g/mol. The molecule has 0 bridgehead atoms. The highest BCUT2D eigenvalue weighted by Crippen LogP contribution is 2.36. The molecule has 119 heavy (non-hydrogen) atoms. The molecule has 12 aromatic heterocycles. The maximum Gasteiger partial charge on any atom is 0.355 e. The average molecular weight is 1620 g/mol. The van der Waals surface area contributed by atoms with Crippen molar-refractivity contribution in [2.75, 3.05) is 23.6 Å². The fraction of sp³-hybridized carbons (Fsp3) is 0.125. The van der Waals surface area contributed by atoms with Crippen molar-refractivity contribution in [2.45, 2.75) is 64.7 Å². The summed E-state index contributed by atoms with van der Waals surface area (Å²) >= 11 is 3.27. The van der Waals surface area contributed by atoms with E-state index in [0.29, 0.717) is 40.5 Å². The number of esters is 1. The van der Waals surface area contributed by atoms with Crippen LogP contribution in [0.2, 0.25) is 0 Å². The molecule has 1 unspecified atom stereocenters. The van der Waals surface area contributed by atoms with Crippen molar-refractivity contribution in [3.05, 3.63) is 317 Å². The predicted octanol–water partition coefficient (Wildman–Crippen LogP) is 14.7. The number of hydrogen-bond donors (Lipinski definition) is 6. The van der Waals surface area contributed by atoms with Gasteiger partial charge in [-0.25, -0.2) is 58.5 Å². The second-order valence-electron chi connectivity index (χ2n) is 28.5. The normalized spacial score (nSPS) is 12.8. The van der Waals surface area contributed by atoms with Crippen molar-refractivity contribution in [1.82, 2.24) is 81.2 Å². The Kier molecular flexibility index (Phi) is 20.5. The Hall–Kier alpha value is -15.2. The van der Waals surface area contributed by atoms with E-state index in [1.54, 1.807) is 65.1 Å². The second kappa shape index (κ2) is 31.9. The summed E-state index contributed by atoms with van der Waals surface area (Å²) in [5.74, 6) is 3.49. The number of anilines is 2. The topological polar surface area (TPSA) is 358 Å². The number of thiazole rings is 1. The first-order chi connectivity index (χ1) is 57.7. The molecule has 0 amide bonds. The molecule has 14 heterocycles. The zero-order valence-corrected chi connectivity index (χ0v) is 66.9. The van der Waals surface area contributed by atoms with E-state index in [1.165, 1.54) is 30.6 Å². The van der Waals surface area contributed by atoms with E-state index in [0.717, 1.165) is 126 Å². The number of H-pyrrole nitrogens is 4. The van der Waals surface area contributed by atoms with Gasteiger partial charge in [0, 0.05) is 59.3 Å². The number of benzene rings is 9. The molecule has 23 rings (SSSR count). The Morgan fingerprint density at radius 2 is 1.03 bits per heavy atom. The van der Waals surface area contributed by atoms with Crippen molar-refractivity contribution in [1.29, 1.82) is 0 Å². The number of methoxy groups -OCH3 is 1. The third-order valence-corrected chi connectivity index (χ3v) is 21.7. The van der Waals surface area contributed by atoms with Crippen LogP contribution in [0.3, 0.4) is 0 Å². The van der Waals surface area contributed by atoms with E-state index in [4.69, 9.17) is 5.73 Å². The van der Waals surface area contributed by atoms with E-state index in [9.17, 15) is 28.8 Å². The Balaban J connectivity index is 0.0000000997. The smallest absolute Gasteiger partial charge is 0.355 e. The number of carbonyl (C=O) groups is 1. The first-order valence-electron chi connectivity index (χ1n) is 37.8. The van der Waals surface area contributed by atoms with Gasteiger partial charge < -0.3 is 25.8 Å². The minimum absolute atomic E-state index is 0.00468. The van der Waals surface area contributed by atoms with Gasteiger partial charge >= 0.3 is 5.97 Å². The molecule has 1 atom stereocenters. The lowest BCUT2D eigenvalue weighted by Crippen LogP contribution is -2.45. The van der Waals surface area contributed by atoms with Crippen LogP contribution in [-0.2, 0) is 4.74 Å². The quantitative estimate of drug-likeness (QED) is 0.0541. The van der Waals surface area contributed by atoms with Gasteiger partial charge in [-0.1, -0.05) is 148 Å². The number of nitrogens with one attached hydrogen (secondary N) is 5. The summed E-state index contributed by atoms with van der Waals surface area (Å²) in [4.78, 5) is 124. The van der Waals surface area contributed by atoms with Crippen molar-refractivity contribution >= 4 is 174 Å². The van der Waals surface area contributed by atoms with Gasteiger partial charge in [-0.05, 0) is 144 Å². The molecule has 0 aliphatic carbocycles. The maximum atomic E-state index is 12.4. The molecule has 0 saturated carbocycles. The number of aromatic amines is 4. The zero-order valence-electron chi connectivity index (χ0n) is 65.2. The fourth-order valence-electron chi connectivity index (χ4n) is 14.3. The molecule has 0 radical (unpaired) electrons. The second-order valence-corrected chi connectivity index (χ2v) is 30.3. The molecule has 9 aromatic carbocycles. The number of aliphatic imine (C=N–C) groups is 2. The van der Waals surface area contributed by atoms with Gasteiger partial charge in [-0.2, -0.15) is 0 Å². The van der Waals surface area contributed by atoms with Crippen molar-refractivity contribution in [3.8, 4) is 0 Å². The van der Waals surface area contributed by atoms with Gasteiger partial charge in [0.1, 0.15) is 12.0 Å². The van der Waals surface area contributed by atoms with Gasteiger partial charge in [-0.3, -0.25) is 56.4 Å². The number of nitrogens with zero attached hydrogens (tertiary/aromatic N) is 16. The predicted molar refractivity (Wildman–Crippen MR) is 473 cm³/mol. The van der Waals surface area contributed by atoms with Crippen LogP contribution in [0.25, 0.3) is 121 Å². The number of thioether (sulfide) groups is 1. The van der Waals surface area contributed by atoms with Gasteiger partial charge in [0.15, 0.2) is 4.96 Å². The van der Waals surface area contributed by atoms with E-state index >= 15 is 0 Å². The summed E-state index contributed by atoms with van der Waals surface area (Å²) in [6.45, 7) is 12.1. The number of imidazole rings is 5. The van der Waals surface area contributed by atoms with E-state index in [2.05, 4.69) is 131 Å². The number of nitrogens with two attached hydrogens (primary N) is 1. The zero-order chi connectivity index (χ0) is 82.4. The van der Waals surface area contributed by atoms with Crippen LogP contribution in [0.1, 0.15) is 72.8 Å². The summed E-state index contributed by atoms with van der Waals surface area (Å²) in [5.41, 5.74) is 20.7. The highest BCUT2D eigenvalue weighted by atomic mass is 32.2. The number of para-hydroxylation sites is 9. The Bertz CT molecular complexity index is 7980. The molecule has 0 saturated heterocycles. The molecule has 2 aliphatic rings. The third kappa shape index (κ3) is 14.9. The molecule has 7 N–H and O–H groups in total. The number of carbonyl (C=O) groups excluding carboxylic acids is 1. The largest absolute Gasteiger partial charge is 0.464 e. The summed E-state index contributed by atoms with van der Waals surface area (Å²) in [5, 5.41) is 8.90. The molecule has 0 spiro atoms. The molecular formula is C88H74N22O7S2. The van der Waals surface area contributed by atoms with Crippen LogP contribution in [0.5, 0.6) is 0 Å². The minimum atomic E-state index is -0.575. The third-order valence-electron chi connectivity index (χ3n) is 19.9. The Morgan fingerprint density at radius 3 is 1.68 bits per heavy atom. The number of fused-ring (bicyclic) bond motifs is 23. The Labute approximate surface area is 681 Å². The number of ether oxygens (including phenoxy) is 1. The van der Waals surface area contributed by atoms with E-state index in [-0.39, 0.29) is 40.1 Å². The summed E-state index contributed by atoms with van der Waals surface area (Å²) < 4.78 is 16.3. The summed E-state index contributed by atoms with van der Waals surface area (Å²) in [6.07, 6.45) is 5.16. The van der Waals surface area contributed by atoms with E-state index < -0.39 is 11.5 Å². The van der Waals surface area contributed by atoms with Crippen LogP contribution in [0.15, 0.2) is 276 Å². The summed E-state index contributed by atoms with van der Waals surface area (Å²) in [6, 6.07) is 72.9. The van der Waals surface area contributed by atoms with Crippen LogP contribution >= 0.6 is 23.1 Å². The van der Waals surface area contributed by atoms with Gasteiger partial charge in [-0.15, -0.1) is 11.8 Å². The first kappa shape index (κ1) is 76.4. The van der Waals surface area contributed by atoms with Gasteiger partial charge in [0.05, 0.1) is 88.9 Å². The van der Waals surface area contributed by atoms with Crippen LogP contribution in [0.4, 0.5) is 11.4 Å². The van der Waals surface area contributed by atoms with Crippen molar-refractivity contribution in [2.24, 2.45) is 15.7 Å². The van der Waals surface area contributed by atoms with Crippen LogP contribution in [-0.4, -0.2) is 119 Å². The molecule has 590 valence electrons. The SMILES string of the molecule is CC(C)c1cc(=O)n2c(nc3cc4ccccc4cc32)[nH]1.COC(=O)c1cc(=O)[nH]c2nc3ccccc3n12.CSc1cc(C(C)C)nc2nc3ccccc3n12.Cc1cc(=O)n2c(n1)sc1ccccc12.Cc1cc(=O)n2c(nc3cc4ccccc4cc32)[nH]1.NC1=NC=NC2Nc3ccccc3N12.O=c1ccn2c(nc3ccccc32)[nH]1. The number of hydrogen-bond acceptors (Lipinski definition) is 21. The minimum Gasteiger partial charge on any atom is -0.464 e. The molecule has 21 aromatic rings. The van der Waals surface area contributed by atoms with Gasteiger partial charge in [0.25, 0.3) is 27.8 Å². The lowest BCUT2D eigenvalue weighted by atomic mass is 10.1. The highest BCUT2D eigenvalue weighted by molar-refractivity contribution is 7.98. The average Bonchev–Trinajstić information content (AvgIpc) is 1.63. The number of aryl methyl sites for hydroxylation is 2. The lowest BCUT2D eigenvalue weighted by molar-refractivity contribution is 0.0592. The molecule has 29 nitrogen and oxygen atoms in total. The van der Waals surface area contributed by atoms with Crippen molar-refractivity contribution < 1.29 is 9.53 Å². The lowest BCUT2D eigenvalue weighted by Gasteiger charge is -2.24. The van der Waals surface area contributed by atoms with Gasteiger partial charge in [0.2, 0.25) is 41.1 Å². The molecule has 2 aliphatic heterocycles. The summed E-state index contributed by atoms with van der Waals surface area (Å²) in [7, 11) is 1.27. The standard InChI is InChI=1S/C17H15N3O.C15H11N3O.C14H15N3S.C12H9N3O3.C11H8N2OS.C10H7N3O.C9H9N5/c1-10(2)13-9-16(21)20-15-8-12-6-4-3-5-11(12)7-14(15)19-17(20)18-13;1-9-6-14(19)18-13-8-11-5-3-2-4-10(11)7-12(13)17-15(18)16-9;1-9(2)11-8-13(18-3)17-12-7-5-4-6-10(12)15-14(17)16-11;1-18-11(17)9-6-10(16)14-12-13-7-4-2-3-5-8(7)15(9)12;1-7-6-10(14)13-8-4-2-3-5-9(8)15-11(13)12-7;14-9-5-6-13-8-4-2-1-3-7(8)11-10(13)12-9;10-8-11-5-12-9-13-6-3-1-2-4-7(6)14(8)9/h3-10H,1-2H3,(H,18,19);2-8H,1H3,(H,16,17);4-9H,1-3H3;2-6H,1H3,(H,13,14,16);2-6H,1H3;1-6H,(H,11,12,14);1-5,9,13H,(H2,10,11,12). The fourth-order valence-corrected chi connectivity index (χ4v) is 16.0. The molecule has 0 fully saturated rings. The number of guanidine groups is 1. The van der Waals surface area contributed by atoms with Crippen molar-refractivity contribution in [3.63, 3.8) is 0 Å². The number of rotatable bonds is 4. The molecule has 31 heteroatoms. The Morgan fingerprint density at radius 1 is 0.487 bits per heavy atom. The first-order valence-corrected chi connectivity index (χ1v) is 39.9. The monoisotopic (exact) mass is 1610 g/mol. The number of aromatic nitrogens is 17.